The Hall–Kier alpha value is -2.10. The third kappa shape index (κ3) is 2.15. The van der Waals surface area contributed by atoms with Gasteiger partial charge in [0.1, 0.15) is 17.4 Å². The first-order chi connectivity index (χ1) is 9.95. The quantitative estimate of drug-likeness (QED) is 0.710. The van der Waals surface area contributed by atoms with Crippen LogP contribution in [0.1, 0.15) is 5.69 Å². The molecule has 3 aromatic rings. The lowest BCUT2D eigenvalue weighted by Gasteiger charge is -2.09. The van der Waals surface area contributed by atoms with E-state index in [2.05, 4.69) is 35.4 Å². The van der Waals surface area contributed by atoms with Gasteiger partial charge in [-0.15, -0.1) is 0 Å². The molecule has 0 atom stereocenters. The van der Waals surface area contributed by atoms with E-state index in [0.29, 0.717) is 5.52 Å². The molecule has 6 nitrogen and oxygen atoms in total. The van der Waals surface area contributed by atoms with Crippen LogP contribution in [-0.4, -0.2) is 26.5 Å². The fourth-order valence-corrected chi connectivity index (χ4v) is 2.26. The molecule has 3 heterocycles. The second-order valence-electron chi connectivity index (χ2n) is 4.06. The number of pyridine rings is 1. The molecule has 0 unspecified atom stereocenters. The van der Waals surface area contributed by atoms with Gasteiger partial charge in [-0.3, -0.25) is 4.40 Å². The van der Waals surface area contributed by atoms with Gasteiger partial charge in [0.15, 0.2) is 17.2 Å². The zero-order chi connectivity index (χ0) is 15.2. The highest BCUT2D eigenvalue weighted by Gasteiger charge is 2.37. The molecule has 0 bridgehead atoms. The summed E-state index contributed by atoms with van der Waals surface area (Å²) in [6.07, 6.45) is -3.54. The summed E-state index contributed by atoms with van der Waals surface area (Å²) >= 11 is 2.91. The highest BCUT2D eigenvalue weighted by Crippen LogP contribution is 2.35. The number of anilines is 1. The largest absolute Gasteiger partial charge is 0.481 e. The second-order valence-corrected chi connectivity index (χ2v) is 4.46. The average molecular weight is 362 g/mol. The van der Waals surface area contributed by atoms with E-state index in [4.69, 9.17) is 4.74 Å². The van der Waals surface area contributed by atoms with E-state index in [9.17, 15) is 13.2 Å². The minimum Gasteiger partial charge on any atom is -0.481 e. The number of fused-ring (bicyclic) bond motifs is 3. The number of ether oxygens (including phenoxy) is 1. The zero-order valence-corrected chi connectivity index (χ0v) is 12.0. The fraction of sp³-hybridized carbons (Fsp3) is 0.182. The van der Waals surface area contributed by atoms with Gasteiger partial charge in [0.05, 0.1) is 7.11 Å². The van der Waals surface area contributed by atoms with Gasteiger partial charge in [0.25, 0.3) is 0 Å². The van der Waals surface area contributed by atoms with Crippen LogP contribution in [0.3, 0.4) is 0 Å². The molecule has 10 heteroatoms. The molecular weight excluding hydrogens is 355 g/mol. The van der Waals surface area contributed by atoms with Crippen molar-refractivity contribution < 1.29 is 17.9 Å². The molecule has 0 spiro atoms. The minimum absolute atomic E-state index is 0.000656. The van der Waals surface area contributed by atoms with Crippen molar-refractivity contribution in [2.75, 3.05) is 11.5 Å². The van der Waals surface area contributed by atoms with Gasteiger partial charge in [-0.05, 0) is 6.07 Å². The van der Waals surface area contributed by atoms with Crippen molar-refractivity contribution in [1.82, 2.24) is 19.4 Å². The van der Waals surface area contributed by atoms with Gasteiger partial charge in [0, 0.05) is 22.2 Å². The Bertz CT molecular complexity index is 832. The van der Waals surface area contributed by atoms with E-state index in [-0.39, 0.29) is 22.9 Å². The lowest BCUT2D eigenvalue weighted by molar-refractivity contribution is -0.139. The Kier molecular flexibility index (Phi) is 3.12. The Morgan fingerprint density at radius 1 is 1.29 bits per heavy atom. The van der Waals surface area contributed by atoms with E-state index in [0.717, 1.165) is 6.33 Å². The van der Waals surface area contributed by atoms with Gasteiger partial charge in [0.2, 0.25) is 5.88 Å². The molecule has 110 valence electrons. The van der Waals surface area contributed by atoms with Crippen LogP contribution in [-0.2, 0) is 6.18 Å². The van der Waals surface area contributed by atoms with Gasteiger partial charge in [-0.2, -0.15) is 18.2 Å². The molecule has 0 amide bonds. The predicted octanol–water partition coefficient (Wildman–Crippen LogP) is 3.03. The van der Waals surface area contributed by atoms with E-state index in [1.54, 1.807) is 12.1 Å². The van der Waals surface area contributed by atoms with Gasteiger partial charge >= 0.3 is 6.18 Å². The van der Waals surface area contributed by atoms with Crippen LogP contribution >= 0.6 is 16.1 Å². The number of aromatic nitrogens is 4. The molecule has 0 radical (unpaired) electrons. The molecule has 0 saturated heterocycles. The van der Waals surface area contributed by atoms with Crippen LogP contribution in [0.4, 0.5) is 19.0 Å². The van der Waals surface area contributed by atoms with Crippen LogP contribution in [0.2, 0.25) is 0 Å². The molecule has 0 aliphatic carbocycles. The second kappa shape index (κ2) is 4.72. The van der Waals surface area contributed by atoms with Crippen LogP contribution in [0.25, 0.3) is 16.7 Å². The lowest BCUT2D eigenvalue weighted by Crippen LogP contribution is -2.08. The van der Waals surface area contributed by atoms with Crippen molar-refractivity contribution in [2.24, 2.45) is 0 Å². The minimum atomic E-state index is -4.60. The van der Waals surface area contributed by atoms with Crippen molar-refractivity contribution >= 4 is 38.6 Å². The van der Waals surface area contributed by atoms with Crippen molar-refractivity contribution in [1.29, 1.82) is 0 Å². The molecule has 0 aromatic carbocycles. The van der Waals surface area contributed by atoms with E-state index >= 15 is 0 Å². The number of nitrogens with zero attached hydrogens (tertiary/aromatic N) is 4. The standard InChI is InChI=1S/C11H7BrF3N5O/c1-21-6-3-2-5-10(18-6)20-4-16-8(11(13,14)15)7(20)9(17-5)19-12/h2-4H,1H3,(H,17,19). The molecule has 3 rings (SSSR count). The average Bonchev–Trinajstić information content (AvgIpc) is 2.91. The van der Waals surface area contributed by atoms with Crippen molar-refractivity contribution in [2.45, 2.75) is 6.18 Å². The maximum atomic E-state index is 13.0. The van der Waals surface area contributed by atoms with Crippen LogP contribution in [0.15, 0.2) is 18.5 Å². The molecule has 1 N–H and O–H groups in total. The number of halogens is 4. The number of imidazole rings is 1. The summed E-state index contributed by atoms with van der Waals surface area (Å²) in [7, 11) is 1.42. The highest BCUT2D eigenvalue weighted by atomic mass is 79.9. The molecule has 0 saturated carbocycles. The van der Waals surface area contributed by atoms with Crippen LogP contribution in [0.5, 0.6) is 5.88 Å². The smallest absolute Gasteiger partial charge is 0.435 e. The summed E-state index contributed by atoms with van der Waals surface area (Å²) in [6.45, 7) is 0. The Morgan fingerprint density at radius 3 is 2.67 bits per heavy atom. The Balaban J connectivity index is 2.45. The first-order valence-corrected chi connectivity index (χ1v) is 6.40. The third-order valence-corrected chi connectivity index (χ3v) is 3.22. The topological polar surface area (TPSA) is 64.3 Å². The van der Waals surface area contributed by atoms with Crippen LogP contribution < -0.4 is 9.08 Å². The van der Waals surface area contributed by atoms with Crippen LogP contribution in [0, 0.1) is 0 Å². The molecule has 0 fully saturated rings. The van der Waals surface area contributed by atoms with E-state index in [1.165, 1.54) is 11.5 Å². The normalized spacial score (nSPS) is 12.0. The molecular formula is C11H7BrF3N5O. The lowest BCUT2D eigenvalue weighted by atomic mass is 10.3. The summed E-state index contributed by atoms with van der Waals surface area (Å²) in [5.41, 5.74) is -0.633. The molecule has 0 aliphatic rings. The molecule has 3 aromatic heterocycles. The molecule has 0 aliphatic heterocycles. The van der Waals surface area contributed by atoms with Crippen molar-refractivity contribution in [3.63, 3.8) is 0 Å². The number of nitrogens with one attached hydrogen (secondary N) is 1. The number of alkyl halides is 3. The number of hydrogen-bond donors (Lipinski definition) is 1. The first kappa shape index (κ1) is 13.9. The number of methoxy groups -OCH3 is 1. The summed E-state index contributed by atoms with van der Waals surface area (Å²) in [6, 6.07) is 3.17. The Morgan fingerprint density at radius 2 is 2.05 bits per heavy atom. The van der Waals surface area contributed by atoms with E-state index < -0.39 is 11.9 Å². The highest BCUT2D eigenvalue weighted by molar-refractivity contribution is 9.10. The van der Waals surface area contributed by atoms with Gasteiger partial charge < -0.3 is 9.08 Å². The first-order valence-electron chi connectivity index (χ1n) is 5.61. The van der Waals surface area contributed by atoms with E-state index in [1.807, 2.05) is 0 Å². The number of hydrogen-bond acceptors (Lipinski definition) is 5. The van der Waals surface area contributed by atoms with Crippen molar-refractivity contribution in [3.05, 3.63) is 24.2 Å². The number of rotatable bonds is 2. The zero-order valence-electron chi connectivity index (χ0n) is 10.4. The summed E-state index contributed by atoms with van der Waals surface area (Å²) in [5.74, 6) is 0.270. The fourth-order valence-electron chi connectivity index (χ4n) is 1.98. The summed E-state index contributed by atoms with van der Waals surface area (Å²) in [4.78, 5) is 11.7. The monoisotopic (exact) mass is 361 g/mol. The summed E-state index contributed by atoms with van der Waals surface area (Å²) < 4.78 is 47.7. The SMILES string of the molecule is COc1ccc2nc(NBr)c3c(C(F)(F)F)ncn3c2n1. The predicted molar refractivity (Wildman–Crippen MR) is 72.4 cm³/mol. The van der Waals surface area contributed by atoms with Gasteiger partial charge in [-0.25, -0.2) is 9.97 Å². The van der Waals surface area contributed by atoms with Crippen molar-refractivity contribution in [3.8, 4) is 5.88 Å². The maximum Gasteiger partial charge on any atom is 0.435 e. The molecule has 21 heavy (non-hydrogen) atoms. The third-order valence-electron chi connectivity index (χ3n) is 2.85. The maximum absolute atomic E-state index is 13.0. The van der Waals surface area contributed by atoms with Gasteiger partial charge in [-0.1, -0.05) is 0 Å². The Labute approximate surface area is 124 Å². The summed E-state index contributed by atoms with van der Waals surface area (Å²) in [5, 5.41) is 0.